The zero-order chi connectivity index (χ0) is 17.0. The smallest absolute Gasteiger partial charge is 0.288 e. The van der Waals surface area contributed by atoms with Crippen LogP contribution in [0.2, 0.25) is 5.02 Å². The summed E-state index contributed by atoms with van der Waals surface area (Å²) in [5, 5.41) is 24.1. The minimum absolute atomic E-state index is 0.00948. The fourth-order valence-corrected chi connectivity index (χ4v) is 2.21. The van der Waals surface area contributed by atoms with Crippen molar-refractivity contribution in [2.24, 2.45) is 5.10 Å². The maximum absolute atomic E-state index is 11.9. The first-order valence-electron chi connectivity index (χ1n) is 6.14. The van der Waals surface area contributed by atoms with E-state index in [1.165, 1.54) is 36.5 Å². The number of phenols is 1. The molecule has 2 rings (SSSR count). The van der Waals surface area contributed by atoms with E-state index in [1.54, 1.807) is 6.07 Å². The van der Waals surface area contributed by atoms with Crippen molar-refractivity contribution in [1.82, 2.24) is 5.43 Å². The van der Waals surface area contributed by atoms with Gasteiger partial charge in [-0.3, -0.25) is 14.9 Å². The molecule has 0 saturated heterocycles. The van der Waals surface area contributed by atoms with Gasteiger partial charge in [0.2, 0.25) is 0 Å². The van der Waals surface area contributed by atoms with Gasteiger partial charge in [-0.1, -0.05) is 33.6 Å². The molecule has 2 aromatic carbocycles. The summed E-state index contributed by atoms with van der Waals surface area (Å²) in [5.74, 6) is -0.813. The molecule has 1 amide bonds. The Balaban J connectivity index is 2.13. The number of carbonyl (C=O) groups excluding carboxylic acids is 1. The van der Waals surface area contributed by atoms with E-state index in [1.807, 2.05) is 0 Å². The average molecular weight is 399 g/mol. The first kappa shape index (κ1) is 16.9. The van der Waals surface area contributed by atoms with E-state index in [-0.39, 0.29) is 22.0 Å². The van der Waals surface area contributed by atoms with Gasteiger partial charge in [-0.25, -0.2) is 5.43 Å². The number of nitrogens with zero attached hydrogens (tertiary/aromatic N) is 2. The number of phenolic OH excluding ortho intramolecular Hbond substituents is 1. The van der Waals surface area contributed by atoms with Gasteiger partial charge in [-0.2, -0.15) is 5.10 Å². The molecule has 0 radical (unpaired) electrons. The quantitative estimate of drug-likeness (QED) is 0.467. The van der Waals surface area contributed by atoms with Crippen molar-refractivity contribution in [1.29, 1.82) is 0 Å². The number of rotatable bonds is 4. The predicted octanol–water partition coefficient (Wildman–Crippen LogP) is 3.48. The predicted molar refractivity (Wildman–Crippen MR) is 89.0 cm³/mol. The van der Waals surface area contributed by atoms with Crippen LogP contribution in [0.15, 0.2) is 46.0 Å². The first-order chi connectivity index (χ1) is 10.9. The van der Waals surface area contributed by atoms with Crippen molar-refractivity contribution in [3.05, 3.63) is 67.1 Å². The molecule has 0 unspecified atom stereocenters. The van der Waals surface area contributed by atoms with E-state index in [9.17, 15) is 20.0 Å². The van der Waals surface area contributed by atoms with Gasteiger partial charge in [0.1, 0.15) is 10.8 Å². The van der Waals surface area contributed by atoms with E-state index in [0.717, 1.165) is 0 Å². The third-order valence-corrected chi connectivity index (χ3v) is 3.56. The minimum Gasteiger partial charge on any atom is -0.507 e. The zero-order valence-electron chi connectivity index (χ0n) is 11.4. The third-order valence-electron chi connectivity index (χ3n) is 2.75. The molecule has 2 aromatic rings. The molecule has 0 heterocycles. The summed E-state index contributed by atoms with van der Waals surface area (Å²) >= 11 is 8.89. The Labute approximate surface area is 143 Å². The second kappa shape index (κ2) is 7.21. The molecule has 0 bridgehead atoms. The maximum Gasteiger partial charge on any atom is 0.288 e. The number of hydrogen-bond acceptors (Lipinski definition) is 5. The van der Waals surface area contributed by atoms with Gasteiger partial charge in [0.25, 0.3) is 11.6 Å². The van der Waals surface area contributed by atoms with Gasteiger partial charge in [0, 0.05) is 16.1 Å². The Morgan fingerprint density at radius 2 is 2.09 bits per heavy atom. The van der Waals surface area contributed by atoms with Crippen LogP contribution in [0.3, 0.4) is 0 Å². The molecular weight excluding hydrogens is 390 g/mol. The van der Waals surface area contributed by atoms with Crippen molar-refractivity contribution >= 4 is 45.3 Å². The van der Waals surface area contributed by atoms with E-state index < -0.39 is 10.8 Å². The Bertz CT molecular complexity index is 811. The van der Waals surface area contributed by atoms with E-state index in [2.05, 4.69) is 26.5 Å². The number of nitrogens with one attached hydrogen (secondary N) is 1. The lowest BCUT2D eigenvalue weighted by Crippen LogP contribution is -2.17. The number of aromatic hydroxyl groups is 1. The molecule has 0 spiro atoms. The Kier molecular flexibility index (Phi) is 5.30. The topological polar surface area (TPSA) is 105 Å². The number of halogens is 2. The summed E-state index contributed by atoms with van der Waals surface area (Å²) in [6, 6.07) is 8.50. The van der Waals surface area contributed by atoms with Crippen LogP contribution in [0.1, 0.15) is 15.9 Å². The van der Waals surface area contributed by atoms with Gasteiger partial charge in [0.15, 0.2) is 0 Å². The molecule has 0 saturated carbocycles. The summed E-state index contributed by atoms with van der Waals surface area (Å²) in [5.41, 5.74) is 2.40. The highest BCUT2D eigenvalue weighted by Gasteiger charge is 2.13. The Morgan fingerprint density at radius 3 is 2.78 bits per heavy atom. The van der Waals surface area contributed by atoms with E-state index >= 15 is 0 Å². The molecule has 0 aliphatic carbocycles. The monoisotopic (exact) mass is 397 g/mol. The largest absolute Gasteiger partial charge is 0.507 e. The Hall–Kier alpha value is -2.45. The number of nitro benzene ring substituents is 1. The van der Waals surface area contributed by atoms with E-state index in [0.29, 0.717) is 10.0 Å². The normalized spacial score (nSPS) is 10.7. The summed E-state index contributed by atoms with van der Waals surface area (Å²) in [6.45, 7) is 0. The maximum atomic E-state index is 11.9. The first-order valence-corrected chi connectivity index (χ1v) is 7.31. The van der Waals surface area contributed by atoms with Gasteiger partial charge >= 0.3 is 0 Å². The van der Waals surface area contributed by atoms with Gasteiger partial charge in [-0.15, -0.1) is 0 Å². The fraction of sp³-hybridized carbons (Fsp3) is 0. The van der Waals surface area contributed by atoms with Gasteiger partial charge in [0.05, 0.1) is 16.7 Å². The molecule has 118 valence electrons. The summed E-state index contributed by atoms with van der Waals surface area (Å²) < 4.78 is 0.623. The number of hydrogen-bond donors (Lipinski definition) is 2. The van der Waals surface area contributed by atoms with Crippen LogP contribution in [-0.4, -0.2) is 22.2 Å². The molecule has 0 aromatic heterocycles. The van der Waals surface area contributed by atoms with Crippen molar-refractivity contribution in [2.75, 3.05) is 0 Å². The zero-order valence-corrected chi connectivity index (χ0v) is 13.7. The SMILES string of the molecule is O=C(N/N=C\c1ccc(Cl)c([N+](=O)[O-])c1)c1cc(Br)ccc1O. The number of benzene rings is 2. The van der Waals surface area contributed by atoms with Crippen LogP contribution in [0.4, 0.5) is 5.69 Å². The third kappa shape index (κ3) is 4.27. The molecular formula is C14H9BrClN3O4. The molecule has 7 nitrogen and oxygen atoms in total. The molecule has 23 heavy (non-hydrogen) atoms. The standard InChI is InChI=1S/C14H9BrClN3O4/c15-9-2-4-13(20)10(6-9)14(21)18-17-7-8-1-3-11(16)12(5-8)19(22)23/h1-7,20H,(H,18,21)/b17-7-. The summed E-state index contributed by atoms with van der Waals surface area (Å²) in [4.78, 5) is 22.1. The highest BCUT2D eigenvalue weighted by atomic mass is 79.9. The van der Waals surface area contributed by atoms with Crippen LogP contribution in [-0.2, 0) is 0 Å². The van der Waals surface area contributed by atoms with Crippen molar-refractivity contribution < 1.29 is 14.8 Å². The summed E-state index contributed by atoms with van der Waals surface area (Å²) in [6.07, 6.45) is 1.23. The van der Waals surface area contributed by atoms with Crippen molar-refractivity contribution in [3.63, 3.8) is 0 Å². The van der Waals surface area contributed by atoms with Gasteiger partial charge in [-0.05, 0) is 24.3 Å². The number of carbonyl (C=O) groups is 1. The number of nitro groups is 1. The number of amides is 1. The molecule has 0 aliphatic heterocycles. The number of hydrazone groups is 1. The fourth-order valence-electron chi connectivity index (χ4n) is 1.67. The lowest BCUT2D eigenvalue weighted by Gasteiger charge is -2.03. The molecule has 2 N–H and O–H groups in total. The lowest BCUT2D eigenvalue weighted by molar-refractivity contribution is -0.384. The minimum atomic E-state index is -0.622. The highest BCUT2D eigenvalue weighted by molar-refractivity contribution is 9.10. The van der Waals surface area contributed by atoms with Crippen LogP contribution in [0.5, 0.6) is 5.75 Å². The molecule has 0 fully saturated rings. The second-order valence-electron chi connectivity index (χ2n) is 4.33. The summed E-state index contributed by atoms with van der Waals surface area (Å²) in [7, 11) is 0. The highest BCUT2D eigenvalue weighted by Crippen LogP contribution is 2.24. The van der Waals surface area contributed by atoms with Crippen LogP contribution in [0, 0.1) is 10.1 Å². The molecule has 9 heteroatoms. The second-order valence-corrected chi connectivity index (χ2v) is 5.65. The van der Waals surface area contributed by atoms with Crippen molar-refractivity contribution in [3.8, 4) is 5.75 Å². The Morgan fingerprint density at radius 1 is 1.35 bits per heavy atom. The lowest BCUT2D eigenvalue weighted by atomic mass is 10.2. The average Bonchev–Trinajstić information content (AvgIpc) is 2.51. The molecule has 0 atom stereocenters. The van der Waals surface area contributed by atoms with Gasteiger partial charge < -0.3 is 5.11 Å². The van der Waals surface area contributed by atoms with E-state index in [4.69, 9.17) is 11.6 Å². The van der Waals surface area contributed by atoms with Crippen LogP contribution >= 0.6 is 27.5 Å². The van der Waals surface area contributed by atoms with Crippen LogP contribution < -0.4 is 5.43 Å². The molecule has 0 aliphatic rings. The van der Waals surface area contributed by atoms with Crippen molar-refractivity contribution in [2.45, 2.75) is 0 Å². The van der Waals surface area contributed by atoms with Crippen LogP contribution in [0.25, 0.3) is 0 Å².